The minimum absolute atomic E-state index is 0.414. The van der Waals surface area contributed by atoms with Gasteiger partial charge in [-0.25, -0.2) is 9.97 Å². The van der Waals surface area contributed by atoms with Gasteiger partial charge in [0.25, 0.3) is 0 Å². The fourth-order valence-electron chi connectivity index (χ4n) is 3.80. The van der Waals surface area contributed by atoms with E-state index in [9.17, 15) is 0 Å². The standard InChI is InChI=1S/C19H25N7/c1-14-17(15(2)24(3)23-14)12-25-7-4-5-16(11-25)18-9-21-10-19(22-18)26-8-6-20-13-26/h6,8-10,13,16H,4-5,7,11-12H2,1-3H3/t16-/m1/s1. The number of hydrogen-bond acceptors (Lipinski definition) is 5. The largest absolute Gasteiger partial charge is 0.298 e. The Labute approximate surface area is 153 Å². The molecule has 1 saturated heterocycles. The van der Waals surface area contributed by atoms with Crippen molar-refractivity contribution in [2.75, 3.05) is 13.1 Å². The molecule has 1 aliphatic heterocycles. The normalized spacial score (nSPS) is 18.3. The van der Waals surface area contributed by atoms with Crippen LogP contribution in [0.3, 0.4) is 0 Å². The van der Waals surface area contributed by atoms with Crippen molar-refractivity contribution < 1.29 is 0 Å². The molecule has 136 valence electrons. The maximum Gasteiger partial charge on any atom is 0.156 e. The van der Waals surface area contributed by atoms with Crippen LogP contribution in [0.5, 0.6) is 0 Å². The molecule has 3 aromatic heterocycles. The number of piperidine rings is 1. The molecule has 1 aliphatic rings. The van der Waals surface area contributed by atoms with Gasteiger partial charge in [-0.1, -0.05) is 0 Å². The summed E-state index contributed by atoms with van der Waals surface area (Å²) >= 11 is 0. The molecule has 7 heteroatoms. The molecule has 4 rings (SSSR count). The Bertz CT molecular complexity index is 881. The van der Waals surface area contributed by atoms with Gasteiger partial charge in [0.2, 0.25) is 0 Å². The van der Waals surface area contributed by atoms with Gasteiger partial charge in [-0.3, -0.25) is 19.1 Å². The molecule has 0 saturated carbocycles. The van der Waals surface area contributed by atoms with Gasteiger partial charge in [0.05, 0.1) is 17.6 Å². The van der Waals surface area contributed by atoms with Gasteiger partial charge in [-0.15, -0.1) is 0 Å². The minimum Gasteiger partial charge on any atom is -0.298 e. The third-order valence-corrected chi connectivity index (χ3v) is 5.37. The zero-order valence-electron chi connectivity index (χ0n) is 15.6. The van der Waals surface area contributed by atoms with Crippen LogP contribution >= 0.6 is 0 Å². The highest BCUT2D eigenvalue weighted by atomic mass is 15.3. The molecule has 0 radical (unpaired) electrons. The molecule has 0 aliphatic carbocycles. The summed E-state index contributed by atoms with van der Waals surface area (Å²) in [4.78, 5) is 15.9. The van der Waals surface area contributed by atoms with Crippen LogP contribution in [0, 0.1) is 13.8 Å². The average molecular weight is 351 g/mol. The first-order valence-corrected chi connectivity index (χ1v) is 9.13. The van der Waals surface area contributed by atoms with Crippen LogP contribution in [0.15, 0.2) is 31.1 Å². The van der Waals surface area contributed by atoms with E-state index in [0.29, 0.717) is 5.92 Å². The maximum atomic E-state index is 4.84. The van der Waals surface area contributed by atoms with Crippen LogP contribution in [0.4, 0.5) is 0 Å². The molecule has 0 amide bonds. The van der Waals surface area contributed by atoms with Crippen LogP contribution in [-0.4, -0.2) is 47.3 Å². The maximum absolute atomic E-state index is 4.84. The second-order valence-corrected chi connectivity index (χ2v) is 7.12. The first-order valence-electron chi connectivity index (χ1n) is 9.13. The number of likely N-dealkylation sites (tertiary alicyclic amines) is 1. The third kappa shape index (κ3) is 3.26. The highest BCUT2D eigenvalue weighted by Gasteiger charge is 2.24. The summed E-state index contributed by atoms with van der Waals surface area (Å²) in [6, 6.07) is 0. The Morgan fingerprint density at radius 2 is 2.08 bits per heavy atom. The van der Waals surface area contributed by atoms with Crippen molar-refractivity contribution in [3.8, 4) is 5.82 Å². The summed E-state index contributed by atoms with van der Waals surface area (Å²) < 4.78 is 3.88. The van der Waals surface area contributed by atoms with Gasteiger partial charge >= 0.3 is 0 Å². The predicted octanol–water partition coefficient (Wildman–Crippen LogP) is 2.39. The van der Waals surface area contributed by atoms with Crippen LogP contribution < -0.4 is 0 Å². The monoisotopic (exact) mass is 351 g/mol. The van der Waals surface area contributed by atoms with Gasteiger partial charge in [0.15, 0.2) is 5.82 Å². The van der Waals surface area contributed by atoms with E-state index in [0.717, 1.165) is 43.3 Å². The van der Waals surface area contributed by atoms with Gasteiger partial charge in [-0.05, 0) is 33.2 Å². The number of imidazole rings is 1. The van der Waals surface area contributed by atoms with Crippen molar-refractivity contribution in [1.29, 1.82) is 0 Å². The Balaban J connectivity index is 1.51. The summed E-state index contributed by atoms with van der Waals surface area (Å²) in [6.45, 7) is 7.34. The van der Waals surface area contributed by atoms with Crippen molar-refractivity contribution in [2.24, 2.45) is 7.05 Å². The highest BCUT2D eigenvalue weighted by Crippen LogP contribution is 2.27. The molecule has 3 aromatic rings. The molecule has 0 spiro atoms. The minimum atomic E-state index is 0.414. The van der Waals surface area contributed by atoms with Crippen molar-refractivity contribution in [2.45, 2.75) is 39.2 Å². The Hall–Kier alpha value is -2.54. The Kier molecular flexibility index (Phi) is 4.55. The fourth-order valence-corrected chi connectivity index (χ4v) is 3.80. The molecule has 0 unspecified atom stereocenters. The van der Waals surface area contributed by atoms with E-state index in [1.165, 1.54) is 17.7 Å². The van der Waals surface area contributed by atoms with E-state index >= 15 is 0 Å². The van der Waals surface area contributed by atoms with Crippen LogP contribution in [0.1, 0.15) is 41.4 Å². The molecule has 1 fully saturated rings. The molecule has 7 nitrogen and oxygen atoms in total. The summed E-state index contributed by atoms with van der Waals surface area (Å²) in [5, 5.41) is 4.55. The summed E-state index contributed by atoms with van der Waals surface area (Å²) in [5.41, 5.74) is 4.81. The Morgan fingerprint density at radius 3 is 2.81 bits per heavy atom. The van der Waals surface area contributed by atoms with Gasteiger partial charge in [-0.2, -0.15) is 5.10 Å². The fraction of sp³-hybridized carbons (Fsp3) is 0.474. The molecule has 0 aromatic carbocycles. The van der Waals surface area contributed by atoms with E-state index < -0.39 is 0 Å². The number of nitrogens with zero attached hydrogens (tertiary/aromatic N) is 7. The average Bonchev–Trinajstić information content (AvgIpc) is 3.27. The molecular formula is C19H25N7. The first kappa shape index (κ1) is 16.9. The number of rotatable bonds is 4. The van der Waals surface area contributed by atoms with E-state index in [1.807, 2.05) is 28.7 Å². The van der Waals surface area contributed by atoms with E-state index in [2.05, 4.69) is 33.8 Å². The molecular weight excluding hydrogens is 326 g/mol. The summed E-state index contributed by atoms with van der Waals surface area (Å²) in [5.74, 6) is 1.24. The predicted molar refractivity (Wildman–Crippen MR) is 99.1 cm³/mol. The smallest absolute Gasteiger partial charge is 0.156 e. The number of aromatic nitrogens is 6. The zero-order chi connectivity index (χ0) is 18.1. The number of aryl methyl sites for hydroxylation is 2. The molecule has 4 heterocycles. The lowest BCUT2D eigenvalue weighted by molar-refractivity contribution is 0.197. The Morgan fingerprint density at radius 1 is 1.19 bits per heavy atom. The number of hydrogen-bond donors (Lipinski definition) is 0. The van der Waals surface area contributed by atoms with E-state index in [1.54, 1.807) is 18.7 Å². The molecule has 0 N–H and O–H groups in total. The van der Waals surface area contributed by atoms with E-state index in [-0.39, 0.29) is 0 Å². The third-order valence-electron chi connectivity index (χ3n) is 5.37. The van der Waals surface area contributed by atoms with Crippen LogP contribution in [0.25, 0.3) is 5.82 Å². The van der Waals surface area contributed by atoms with Gasteiger partial charge in [0, 0.05) is 55.9 Å². The molecule has 26 heavy (non-hydrogen) atoms. The van der Waals surface area contributed by atoms with Crippen molar-refractivity contribution >= 4 is 0 Å². The lowest BCUT2D eigenvalue weighted by atomic mass is 9.94. The topological polar surface area (TPSA) is 64.7 Å². The molecule has 0 bridgehead atoms. The summed E-state index contributed by atoms with van der Waals surface area (Å²) in [6.07, 6.45) is 11.5. The lowest BCUT2D eigenvalue weighted by Gasteiger charge is -2.32. The zero-order valence-corrected chi connectivity index (χ0v) is 15.6. The second-order valence-electron chi connectivity index (χ2n) is 7.12. The first-order chi connectivity index (χ1) is 12.6. The van der Waals surface area contributed by atoms with Crippen molar-refractivity contribution in [3.63, 3.8) is 0 Å². The van der Waals surface area contributed by atoms with Crippen LogP contribution in [-0.2, 0) is 13.6 Å². The lowest BCUT2D eigenvalue weighted by Crippen LogP contribution is -2.34. The second kappa shape index (κ2) is 6.99. The van der Waals surface area contributed by atoms with Gasteiger partial charge < -0.3 is 0 Å². The van der Waals surface area contributed by atoms with Crippen molar-refractivity contribution in [3.05, 3.63) is 53.8 Å². The van der Waals surface area contributed by atoms with Gasteiger partial charge in [0.1, 0.15) is 6.33 Å². The van der Waals surface area contributed by atoms with Crippen LogP contribution in [0.2, 0.25) is 0 Å². The van der Waals surface area contributed by atoms with Crippen molar-refractivity contribution in [1.82, 2.24) is 34.2 Å². The quantitative estimate of drug-likeness (QED) is 0.722. The molecule has 1 atom stereocenters. The highest BCUT2D eigenvalue weighted by molar-refractivity contribution is 5.25. The van der Waals surface area contributed by atoms with E-state index in [4.69, 9.17) is 4.98 Å². The summed E-state index contributed by atoms with van der Waals surface area (Å²) in [7, 11) is 2.02. The SMILES string of the molecule is Cc1nn(C)c(C)c1CN1CCC[C@@H](c2cncc(-n3ccnc3)n2)C1.